The summed E-state index contributed by atoms with van der Waals surface area (Å²) >= 11 is 0. The predicted octanol–water partition coefficient (Wildman–Crippen LogP) is 4.52. The molecule has 1 atom stereocenters. The summed E-state index contributed by atoms with van der Waals surface area (Å²) < 4.78 is 0. The van der Waals surface area contributed by atoms with Crippen LogP contribution in [0.4, 0.5) is 0 Å². The Morgan fingerprint density at radius 3 is 2.75 bits per heavy atom. The summed E-state index contributed by atoms with van der Waals surface area (Å²) in [6, 6.07) is 10.1. The molecule has 1 aliphatic carbocycles. The quantitative estimate of drug-likeness (QED) is 0.502. The van der Waals surface area contributed by atoms with Crippen LogP contribution in [-0.2, 0) is 11.8 Å². The number of H-pyrrole nitrogens is 1. The Labute approximate surface area is 186 Å². The zero-order valence-electron chi connectivity index (χ0n) is 18.5. The summed E-state index contributed by atoms with van der Waals surface area (Å²) in [7, 11) is 0. The summed E-state index contributed by atoms with van der Waals surface area (Å²) in [5.74, 6) is -0.136. The van der Waals surface area contributed by atoms with Crippen LogP contribution in [0.25, 0.3) is 22.3 Å². The lowest BCUT2D eigenvalue weighted by Gasteiger charge is -2.27. The molecule has 0 radical (unpaired) electrons. The van der Waals surface area contributed by atoms with Crippen LogP contribution < -0.4 is 5.32 Å². The Hall–Kier alpha value is -3.61. The number of aromatic nitrogens is 5. The van der Waals surface area contributed by atoms with Gasteiger partial charge >= 0.3 is 0 Å². The van der Waals surface area contributed by atoms with Gasteiger partial charge in [0.2, 0.25) is 0 Å². The van der Waals surface area contributed by atoms with Gasteiger partial charge in [0.15, 0.2) is 5.65 Å². The maximum absolute atomic E-state index is 12.9. The van der Waals surface area contributed by atoms with Crippen LogP contribution in [0.3, 0.4) is 0 Å². The van der Waals surface area contributed by atoms with E-state index >= 15 is 0 Å². The summed E-state index contributed by atoms with van der Waals surface area (Å²) in [5.41, 5.74) is 6.59. The number of fused-ring (bicyclic) bond motifs is 2. The number of pyridine rings is 1. The third-order valence-electron chi connectivity index (χ3n) is 6.15. The fourth-order valence-corrected chi connectivity index (χ4v) is 4.31. The van der Waals surface area contributed by atoms with Gasteiger partial charge in [0.25, 0.3) is 5.91 Å². The molecule has 3 heterocycles. The van der Waals surface area contributed by atoms with Gasteiger partial charge in [0, 0.05) is 11.8 Å². The average molecular weight is 427 g/mol. The lowest BCUT2D eigenvalue weighted by atomic mass is 9.86. The molecule has 0 fully saturated rings. The second-order valence-electron chi connectivity index (χ2n) is 9.37. The number of aromatic amines is 1. The van der Waals surface area contributed by atoms with Crippen molar-refractivity contribution in [3.05, 3.63) is 71.4 Å². The molecule has 1 unspecified atom stereocenters. The van der Waals surface area contributed by atoms with Gasteiger partial charge in [-0.25, -0.2) is 9.97 Å². The lowest BCUT2D eigenvalue weighted by molar-refractivity contribution is 0.0927. The van der Waals surface area contributed by atoms with Crippen molar-refractivity contribution in [2.75, 3.05) is 0 Å². The largest absolute Gasteiger partial charge is 0.344 e. The molecule has 1 aromatic carbocycles. The van der Waals surface area contributed by atoms with E-state index in [1.54, 1.807) is 18.7 Å². The number of nitrogens with zero attached hydrogens (tertiary/aromatic N) is 4. The van der Waals surface area contributed by atoms with Crippen LogP contribution in [0, 0.1) is 0 Å². The highest BCUT2D eigenvalue weighted by molar-refractivity contribution is 5.93. The zero-order valence-corrected chi connectivity index (χ0v) is 18.5. The number of carbonyl (C=O) groups excluding carboxylic acids is 1. The molecule has 0 aliphatic heterocycles. The standard InChI is InChI=1S/C25H26N6O/c1-25(2,3)17-8-10-21(26-12-17)24(32)30-20-6-4-5-15-11-16(7-9-18(15)20)22-19-13-29-31-23(19)28-14-27-22/h7-14,20H,4-6H2,1-3H3,(H,30,32)(H,27,28,29,31). The highest BCUT2D eigenvalue weighted by atomic mass is 16.1. The van der Waals surface area contributed by atoms with E-state index in [9.17, 15) is 4.79 Å². The second-order valence-corrected chi connectivity index (χ2v) is 9.37. The third kappa shape index (κ3) is 3.75. The maximum Gasteiger partial charge on any atom is 0.270 e. The van der Waals surface area contributed by atoms with Crippen LogP contribution in [0.5, 0.6) is 0 Å². The molecule has 5 rings (SSSR count). The molecule has 2 N–H and O–H groups in total. The average Bonchev–Trinajstić information content (AvgIpc) is 3.27. The van der Waals surface area contributed by atoms with E-state index in [0.29, 0.717) is 5.69 Å². The van der Waals surface area contributed by atoms with Crippen molar-refractivity contribution in [1.29, 1.82) is 0 Å². The SMILES string of the molecule is CC(C)(C)c1ccc(C(=O)NC2CCCc3cc(-c4ncnc5[nH]ncc45)ccc32)nc1. The minimum absolute atomic E-state index is 0.00767. The molecule has 0 bridgehead atoms. The number of nitrogens with one attached hydrogen (secondary N) is 2. The molecule has 0 saturated carbocycles. The number of aryl methyl sites for hydroxylation is 1. The number of hydrogen-bond acceptors (Lipinski definition) is 5. The smallest absolute Gasteiger partial charge is 0.270 e. The molecule has 4 aromatic rings. The van der Waals surface area contributed by atoms with Crippen LogP contribution in [0.15, 0.2) is 49.1 Å². The molecule has 7 nitrogen and oxygen atoms in total. The molecule has 1 amide bonds. The fourth-order valence-electron chi connectivity index (χ4n) is 4.31. The van der Waals surface area contributed by atoms with Crippen molar-refractivity contribution < 1.29 is 4.79 Å². The summed E-state index contributed by atoms with van der Waals surface area (Å²) in [5, 5.41) is 11.1. The van der Waals surface area contributed by atoms with Gasteiger partial charge in [0.1, 0.15) is 12.0 Å². The van der Waals surface area contributed by atoms with E-state index in [1.165, 1.54) is 5.56 Å². The summed E-state index contributed by atoms with van der Waals surface area (Å²) in [4.78, 5) is 26.0. The van der Waals surface area contributed by atoms with Crippen molar-refractivity contribution in [2.45, 2.75) is 51.5 Å². The Kier molecular flexibility index (Phi) is 4.96. The first-order chi connectivity index (χ1) is 15.4. The van der Waals surface area contributed by atoms with Crippen LogP contribution in [0.2, 0.25) is 0 Å². The molecule has 0 spiro atoms. The van der Waals surface area contributed by atoms with Crippen molar-refractivity contribution in [1.82, 2.24) is 30.5 Å². The Morgan fingerprint density at radius 2 is 1.97 bits per heavy atom. The molecule has 3 aromatic heterocycles. The van der Waals surface area contributed by atoms with Crippen molar-refractivity contribution in [3.8, 4) is 11.3 Å². The topological polar surface area (TPSA) is 96.5 Å². The molecule has 7 heteroatoms. The minimum atomic E-state index is -0.136. The van der Waals surface area contributed by atoms with Crippen LogP contribution in [0.1, 0.15) is 66.8 Å². The monoisotopic (exact) mass is 426 g/mol. The van der Waals surface area contributed by atoms with Gasteiger partial charge in [-0.3, -0.25) is 14.9 Å². The van der Waals surface area contributed by atoms with Gasteiger partial charge in [-0.15, -0.1) is 0 Å². The van der Waals surface area contributed by atoms with E-state index in [0.717, 1.165) is 52.7 Å². The molecular weight excluding hydrogens is 400 g/mol. The van der Waals surface area contributed by atoms with Crippen LogP contribution in [-0.4, -0.2) is 31.1 Å². The molecular formula is C25H26N6O. The highest BCUT2D eigenvalue weighted by Crippen LogP contribution is 2.34. The molecule has 1 aliphatic rings. The van der Waals surface area contributed by atoms with E-state index in [1.807, 2.05) is 12.1 Å². The zero-order chi connectivity index (χ0) is 22.3. The number of rotatable bonds is 3. The molecule has 32 heavy (non-hydrogen) atoms. The third-order valence-corrected chi connectivity index (χ3v) is 6.15. The normalized spacial score (nSPS) is 16.0. The van der Waals surface area contributed by atoms with Crippen molar-refractivity contribution >= 4 is 16.9 Å². The number of benzene rings is 1. The minimum Gasteiger partial charge on any atom is -0.344 e. The Morgan fingerprint density at radius 1 is 1.09 bits per heavy atom. The van der Waals surface area contributed by atoms with E-state index < -0.39 is 0 Å². The van der Waals surface area contributed by atoms with E-state index in [-0.39, 0.29) is 17.4 Å². The molecule has 162 valence electrons. The summed E-state index contributed by atoms with van der Waals surface area (Å²) in [6.45, 7) is 6.40. The van der Waals surface area contributed by atoms with Gasteiger partial charge in [-0.1, -0.05) is 39.0 Å². The highest BCUT2D eigenvalue weighted by Gasteiger charge is 2.24. The van der Waals surface area contributed by atoms with Gasteiger partial charge in [-0.2, -0.15) is 5.10 Å². The van der Waals surface area contributed by atoms with Gasteiger partial charge in [0.05, 0.1) is 23.3 Å². The van der Waals surface area contributed by atoms with Crippen molar-refractivity contribution in [3.63, 3.8) is 0 Å². The second kappa shape index (κ2) is 7.82. The Balaban J connectivity index is 1.39. The first kappa shape index (κ1) is 20.3. The predicted molar refractivity (Wildman–Crippen MR) is 123 cm³/mol. The number of amides is 1. The van der Waals surface area contributed by atoms with Crippen molar-refractivity contribution in [2.24, 2.45) is 0 Å². The lowest BCUT2D eigenvalue weighted by Crippen LogP contribution is -2.31. The van der Waals surface area contributed by atoms with Gasteiger partial charge in [-0.05, 0) is 53.5 Å². The number of carbonyl (C=O) groups is 1. The first-order valence-corrected chi connectivity index (χ1v) is 10.9. The van der Waals surface area contributed by atoms with Crippen LogP contribution >= 0.6 is 0 Å². The fraction of sp³-hybridized carbons (Fsp3) is 0.320. The van der Waals surface area contributed by atoms with Gasteiger partial charge < -0.3 is 5.32 Å². The molecule has 0 saturated heterocycles. The maximum atomic E-state index is 12.9. The number of hydrogen-bond donors (Lipinski definition) is 2. The summed E-state index contributed by atoms with van der Waals surface area (Å²) in [6.07, 6.45) is 8.02. The van der Waals surface area contributed by atoms with E-state index in [4.69, 9.17) is 0 Å². The Bertz CT molecular complexity index is 1290. The van der Waals surface area contributed by atoms with E-state index in [2.05, 4.69) is 69.4 Å². The first-order valence-electron chi connectivity index (χ1n) is 10.9.